The van der Waals surface area contributed by atoms with E-state index in [-0.39, 0.29) is 38.8 Å². The average molecular weight is 510 g/mol. The van der Waals surface area contributed by atoms with Crippen LogP contribution in [0.4, 0.5) is 10.2 Å². The second-order valence-electron chi connectivity index (χ2n) is 7.58. The van der Waals surface area contributed by atoms with Crippen molar-refractivity contribution in [2.45, 2.75) is 18.1 Å². The summed E-state index contributed by atoms with van der Waals surface area (Å²) >= 11 is 7.62. The summed E-state index contributed by atoms with van der Waals surface area (Å²) in [5, 5.41) is 4.20. The quantitative estimate of drug-likeness (QED) is 0.268. The number of thioether (sulfide) groups is 1. The summed E-state index contributed by atoms with van der Waals surface area (Å²) in [6.07, 6.45) is 3.07. The summed E-state index contributed by atoms with van der Waals surface area (Å²) in [5.41, 5.74) is 0.0221. The molecule has 12 heteroatoms. The number of hydrogen-bond donors (Lipinski definition) is 2. The molecular formula is C23H17ClFN7O2S. The first-order valence-corrected chi connectivity index (χ1v) is 12.0. The predicted octanol–water partition coefficient (Wildman–Crippen LogP) is 4.10. The first kappa shape index (κ1) is 22.9. The fourth-order valence-corrected chi connectivity index (χ4v) is 4.39. The molecule has 2 N–H and O–H groups in total. The molecule has 0 aliphatic heterocycles. The van der Waals surface area contributed by atoms with E-state index in [4.69, 9.17) is 11.6 Å². The molecule has 35 heavy (non-hydrogen) atoms. The lowest BCUT2D eigenvalue weighted by molar-refractivity contribution is 0.624. The Morgan fingerprint density at radius 3 is 2.69 bits per heavy atom. The van der Waals surface area contributed by atoms with E-state index in [1.807, 2.05) is 0 Å². The third kappa shape index (κ3) is 4.13. The molecule has 0 saturated carbocycles. The van der Waals surface area contributed by atoms with Crippen molar-refractivity contribution in [1.82, 2.24) is 29.5 Å². The number of hydrogen-bond acceptors (Lipinski definition) is 8. The molecule has 0 unspecified atom stereocenters. The van der Waals surface area contributed by atoms with Gasteiger partial charge in [-0.3, -0.25) is 14.2 Å². The van der Waals surface area contributed by atoms with Gasteiger partial charge in [-0.2, -0.15) is 0 Å². The SMILES string of the molecule is CSc1nc(N[C@@H](C)c2nc3cccc(Cl)c3c(=O)n2-c2cccc(F)c2)c2c(=O)[nH]cnc2n1. The molecule has 3 aromatic heterocycles. The summed E-state index contributed by atoms with van der Waals surface area (Å²) in [6, 6.07) is 9.95. The molecule has 0 saturated heterocycles. The molecule has 0 aliphatic rings. The smallest absolute Gasteiger partial charge is 0.267 e. The lowest BCUT2D eigenvalue weighted by atomic mass is 10.2. The van der Waals surface area contributed by atoms with Crippen LogP contribution in [-0.2, 0) is 0 Å². The number of H-pyrrole nitrogens is 1. The van der Waals surface area contributed by atoms with Crippen molar-refractivity contribution >= 4 is 51.1 Å². The standard InChI is InChI=1S/C23H17ClFN7O2S/c1-11(28-19-17-18(26-10-27-21(17)33)30-23(31-19)35-2)20-29-15-8-4-7-14(24)16(15)22(34)32(20)13-6-3-5-12(25)9-13/h3-11H,1-2H3,(H2,26,27,28,30,31,33)/t11-/m0/s1. The number of aromatic nitrogens is 6. The second-order valence-corrected chi connectivity index (χ2v) is 8.76. The van der Waals surface area contributed by atoms with Crippen LogP contribution in [0.25, 0.3) is 27.6 Å². The Morgan fingerprint density at radius 1 is 1.11 bits per heavy atom. The van der Waals surface area contributed by atoms with Gasteiger partial charge in [-0.1, -0.05) is 35.5 Å². The Kier molecular flexibility index (Phi) is 5.95. The van der Waals surface area contributed by atoms with Gasteiger partial charge in [0.1, 0.15) is 22.8 Å². The van der Waals surface area contributed by atoms with Crippen LogP contribution in [0, 0.1) is 5.82 Å². The highest BCUT2D eigenvalue weighted by molar-refractivity contribution is 7.98. The van der Waals surface area contributed by atoms with Crippen molar-refractivity contribution in [3.05, 3.63) is 86.2 Å². The fraction of sp³-hybridized carbons (Fsp3) is 0.130. The molecule has 0 bridgehead atoms. The van der Waals surface area contributed by atoms with E-state index in [1.54, 1.807) is 37.4 Å². The van der Waals surface area contributed by atoms with Crippen molar-refractivity contribution in [2.24, 2.45) is 0 Å². The molecule has 1 atom stereocenters. The van der Waals surface area contributed by atoms with Crippen molar-refractivity contribution < 1.29 is 4.39 Å². The van der Waals surface area contributed by atoms with E-state index in [0.29, 0.717) is 10.7 Å². The zero-order valence-corrected chi connectivity index (χ0v) is 20.0. The van der Waals surface area contributed by atoms with E-state index in [0.717, 1.165) is 0 Å². The fourth-order valence-electron chi connectivity index (χ4n) is 3.78. The van der Waals surface area contributed by atoms with Gasteiger partial charge in [0, 0.05) is 0 Å². The number of fused-ring (bicyclic) bond motifs is 2. The maximum absolute atomic E-state index is 14.1. The van der Waals surface area contributed by atoms with Crippen LogP contribution in [0.1, 0.15) is 18.8 Å². The maximum atomic E-state index is 14.1. The zero-order valence-electron chi connectivity index (χ0n) is 18.4. The Morgan fingerprint density at radius 2 is 1.91 bits per heavy atom. The summed E-state index contributed by atoms with van der Waals surface area (Å²) < 4.78 is 15.4. The number of benzene rings is 2. The summed E-state index contributed by atoms with van der Waals surface area (Å²) in [5.74, 6) is -0.00943. The van der Waals surface area contributed by atoms with E-state index in [1.165, 1.54) is 40.9 Å². The molecule has 5 aromatic rings. The van der Waals surface area contributed by atoms with Crippen molar-refractivity contribution in [1.29, 1.82) is 0 Å². The Labute approximate surface area is 206 Å². The normalized spacial score (nSPS) is 12.2. The molecule has 3 heterocycles. The number of rotatable bonds is 5. The molecule has 0 amide bonds. The van der Waals surface area contributed by atoms with Crippen LogP contribution in [0.2, 0.25) is 5.02 Å². The van der Waals surface area contributed by atoms with Gasteiger partial charge in [-0.15, -0.1) is 0 Å². The van der Waals surface area contributed by atoms with E-state index in [2.05, 4.69) is 30.2 Å². The van der Waals surface area contributed by atoms with Gasteiger partial charge >= 0.3 is 0 Å². The maximum Gasteiger partial charge on any atom is 0.267 e. The van der Waals surface area contributed by atoms with Crippen LogP contribution in [-0.4, -0.2) is 35.7 Å². The summed E-state index contributed by atoms with van der Waals surface area (Å²) in [4.78, 5) is 46.3. The van der Waals surface area contributed by atoms with Crippen molar-refractivity contribution in [2.75, 3.05) is 11.6 Å². The third-order valence-electron chi connectivity index (χ3n) is 5.34. The van der Waals surface area contributed by atoms with Gasteiger partial charge in [-0.05, 0) is 43.5 Å². The number of anilines is 1. The predicted molar refractivity (Wildman–Crippen MR) is 134 cm³/mol. The van der Waals surface area contributed by atoms with E-state index >= 15 is 0 Å². The number of halogens is 2. The number of nitrogens with one attached hydrogen (secondary N) is 2. The molecule has 0 fully saturated rings. The van der Waals surface area contributed by atoms with Gasteiger partial charge in [0.15, 0.2) is 10.8 Å². The number of aromatic amines is 1. The molecular weight excluding hydrogens is 493 g/mol. The Bertz CT molecular complexity index is 1720. The van der Waals surface area contributed by atoms with E-state index < -0.39 is 23.0 Å². The highest BCUT2D eigenvalue weighted by atomic mass is 35.5. The molecule has 0 radical (unpaired) electrons. The lowest BCUT2D eigenvalue weighted by Crippen LogP contribution is -2.28. The lowest BCUT2D eigenvalue weighted by Gasteiger charge is -2.21. The number of nitrogens with zero attached hydrogens (tertiary/aromatic N) is 5. The Balaban J connectivity index is 1.74. The highest BCUT2D eigenvalue weighted by Crippen LogP contribution is 2.27. The largest absolute Gasteiger partial charge is 0.360 e. The second kappa shape index (κ2) is 9.08. The summed E-state index contributed by atoms with van der Waals surface area (Å²) in [7, 11) is 0. The van der Waals surface area contributed by atoms with Gasteiger partial charge < -0.3 is 10.3 Å². The third-order valence-corrected chi connectivity index (χ3v) is 6.20. The van der Waals surface area contributed by atoms with Crippen molar-refractivity contribution in [3.8, 4) is 5.69 Å². The van der Waals surface area contributed by atoms with Gasteiger partial charge in [-0.25, -0.2) is 24.3 Å². The van der Waals surface area contributed by atoms with E-state index in [9.17, 15) is 14.0 Å². The zero-order chi connectivity index (χ0) is 24.7. The minimum Gasteiger partial charge on any atom is -0.360 e. The van der Waals surface area contributed by atoms with Crippen LogP contribution in [0.3, 0.4) is 0 Å². The molecule has 0 spiro atoms. The van der Waals surface area contributed by atoms with Crippen LogP contribution in [0.5, 0.6) is 0 Å². The van der Waals surface area contributed by atoms with Gasteiger partial charge in [0.25, 0.3) is 11.1 Å². The minimum atomic E-state index is -0.651. The first-order chi connectivity index (χ1) is 16.9. The van der Waals surface area contributed by atoms with Crippen LogP contribution in [0.15, 0.2) is 63.5 Å². The van der Waals surface area contributed by atoms with Gasteiger partial charge in [0.2, 0.25) is 0 Å². The molecule has 9 nitrogen and oxygen atoms in total. The first-order valence-electron chi connectivity index (χ1n) is 10.4. The highest BCUT2D eigenvalue weighted by Gasteiger charge is 2.22. The molecule has 0 aliphatic carbocycles. The molecule has 2 aromatic carbocycles. The molecule has 5 rings (SSSR count). The van der Waals surface area contributed by atoms with Crippen LogP contribution < -0.4 is 16.4 Å². The monoisotopic (exact) mass is 509 g/mol. The Hall–Kier alpha value is -3.83. The van der Waals surface area contributed by atoms with Crippen LogP contribution >= 0.6 is 23.4 Å². The molecule has 176 valence electrons. The topological polar surface area (TPSA) is 118 Å². The average Bonchev–Trinajstić information content (AvgIpc) is 2.83. The minimum absolute atomic E-state index is 0.167. The summed E-state index contributed by atoms with van der Waals surface area (Å²) in [6.45, 7) is 1.76. The van der Waals surface area contributed by atoms with Crippen molar-refractivity contribution in [3.63, 3.8) is 0 Å². The van der Waals surface area contributed by atoms with Gasteiger partial charge in [0.05, 0.1) is 34.0 Å².